The highest BCUT2D eigenvalue weighted by Crippen LogP contribution is 2.12. The van der Waals surface area contributed by atoms with Gasteiger partial charge in [-0.3, -0.25) is 0 Å². The van der Waals surface area contributed by atoms with Crippen LogP contribution >= 0.6 is 11.6 Å². The summed E-state index contributed by atoms with van der Waals surface area (Å²) in [4.78, 5) is 10.4. The van der Waals surface area contributed by atoms with E-state index in [1.165, 1.54) is 70.6 Å². The highest BCUT2D eigenvalue weighted by molar-refractivity contribution is 6.18. The quantitative estimate of drug-likeness (QED) is 0.128. The van der Waals surface area contributed by atoms with Gasteiger partial charge in [-0.2, -0.15) is 0 Å². The second-order valence-electron chi connectivity index (χ2n) is 6.53. The number of allylic oxidation sites excluding steroid dienone is 2. The molecular weight excluding hydrogens is 324 g/mol. The number of alkyl halides is 1. The zero-order valence-electron chi connectivity index (χ0n) is 15.5. The van der Waals surface area contributed by atoms with E-state index in [0.717, 1.165) is 19.3 Å². The molecule has 0 saturated carbocycles. The van der Waals surface area contributed by atoms with Crippen LogP contribution in [0.25, 0.3) is 0 Å². The Hall–Kier alpha value is -0.700. The van der Waals surface area contributed by atoms with Crippen LogP contribution in [0.2, 0.25) is 0 Å². The van der Waals surface area contributed by atoms with Crippen LogP contribution in [-0.4, -0.2) is 23.2 Å². The topological polar surface area (TPSA) is 46.5 Å². The van der Waals surface area contributed by atoms with E-state index >= 15 is 0 Å². The lowest BCUT2D eigenvalue weighted by molar-refractivity contribution is 0.0560. The molecule has 0 radical (unpaired) electrons. The molecular formula is C20H37ClO3. The smallest absolute Gasteiger partial charge is 0.450 e. The fraction of sp³-hybridized carbons (Fsp3) is 0.850. The van der Waals surface area contributed by atoms with E-state index in [1.807, 2.05) is 0 Å². The maximum atomic E-state index is 10.4. The van der Waals surface area contributed by atoms with Crippen molar-refractivity contribution in [1.29, 1.82) is 0 Å². The zero-order chi connectivity index (χ0) is 17.9. The molecule has 0 aromatic heterocycles. The maximum Gasteiger partial charge on any atom is 0.506 e. The fourth-order valence-corrected chi connectivity index (χ4v) is 2.97. The number of halogens is 1. The molecule has 0 heterocycles. The Labute approximate surface area is 153 Å². The van der Waals surface area contributed by atoms with E-state index in [9.17, 15) is 4.79 Å². The van der Waals surface area contributed by atoms with Crippen molar-refractivity contribution < 1.29 is 14.6 Å². The van der Waals surface area contributed by atoms with Crippen molar-refractivity contribution >= 4 is 17.8 Å². The summed E-state index contributed by atoms with van der Waals surface area (Å²) in [6.45, 7) is 2.26. The summed E-state index contributed by atoms with van der Waals surface area (Å²) >= 11 is 5.68. The van der Waals surface area contributed by atoms with Crippen molar-refractivity contribution in [3.8, 4) is 0 Å². The molecule has 0 amide bonds. The average molecular weight is 361 g/mol. The Morgan fingerprint density at radius 1 is 0.917 bits per heavy atom. The zero-order valence-corrected chi connectivity index (χ0v) is 16.2. The van der Waals surface area contributed by atoms with Gasteiger partial charge in [-0.1, -0.05) is 70.4 Å². The largest absolute Gasteiger partial charge is 0.506 e. The molecule has 1 atom stereocenters. The van der Waals surface area contributed by atoms with Crippen LogP contribution in [0, 0.1) is 0 Å². The summed E-state index contributed by atoms with van der Waals surface area (Å²) in [5.41, 5.74) is 0. The predicted molar refractivity (Wildman–Crippen MR) is 103 cm³/mol. The van der Waals surface area contributed by atoms with Crippen LogP contribution < -0.4 is 0 Å². The Kier molecular flexibility index (Phi) is 18.1. The van der Waals surface area contributed by atoms with Crippen LogP contribution in [-0.2, 0) is 4.74 Å². The van der Waals surface area contributed by atoms with Crippen molar-refractivity contribution in [2.75, 3.05) is 5.88 Å². The standard InChI is InChI=1S/C20H37ClO3/c1-2-3-4-5-6-7-8-9-10-11-12-13-14-15-16-17-19(18-21)24-20(22)23/h9-10,19H,2-8,11-18H2,1H3,(H,22,23). The fourth-order valence-electron chi connectivity index (χ4n) is 2.75. The van der Waals surface area contributed by atoms with E-state index in [2.05, 4.69) is 19.1 Å². The molecule has 0 aliphatic heterocycles. The van der Waals surface area contributed by atoms with Crippen LogP contribution in [0.15, 0.2) is 12.2 Å². The minimum absolute atomic E-state index is 0.246. The van der Waals surface area contributed by atoms with Gasteiger partial charge >= 0.3 is 6.16 Å². The summed E-state index contributed by atoms with van der Waals surface area (Å²) in [7, 11) is 0. The highest BCUT2D eigenvalue weighted by Gasteiger charge is 2.11. The average Bonchev–Trinajstić information content (AvgIpc) is 2.56. The minimum Gasteiger partial charge on any atom is -0.450 e. The third-order valence-electron chi connectivity index (χ3n) is 4.23. The molecule has 4 heteroatoms. The molecule has 0 fully saturated rings. The van der Waals surface area contributed by atoms with Crippen LogP contribution in [0.3, 0.4) is 0 Å². The Bertz CT molecular complexity index is 305. The molecule has 0 saturated heterocycles. The van der Waals surface area contributed by atoms with Crippen molar-refractivity contribution in [2.24, 2.45) is 0 Å². The van der Waals surface area contributed by atoms with Crippen molar-refractivity contribution in [1.82, 2.24) is 0 Å². The summed E-state index contributed by atoms with van der Waals surface area (Å²) in [6, 6.07) is 0. The lowest BCUT2D eigenvalue weighted by Crippen LogP contribution is -2.18. The van der Waals surface area contributed by atoms with Crippen LogP contribution in [0.5, 0.6) is 0 Å². The lowest BCUT2D eigenvalue weighted by Gasteiger charge is -2.12. The first-order valence-corrected chi connectivity index (χ1v) is 10.3. The van der Waals surface area contributed by atoms with E-state index in [-0.39, 0.29) is 12.0 Å². The van der Waals surface area contributed by atoms with Gasteiger partial charge in [0.25, 0.3) is 0 Å². The third kappa shape index (κ3) is 17.7. The molecule has 142 valence electrons. The van der Waals surface area contributed by atoms with Crippen molar-refractivity contribution in [2.45, 2.75) is 103 Å². The number of ether oxygens (including phenoxy) is 1. The van der Waals surface area contributed by atoms with Crippen LogP contribution in [0.1, 0.15) is 96.8 Å². The van der Waals surface area contributed by atoms with Gasteiger partial charge in [0.15, 0.2) is 0 Å². The van der Waals surface area contributed by atoms with E-state index < -0.39 is 6.16 Å². The maximum absolute atomic E-state index is 10.4. The van der Waals surface area contributed by atoms with Crippen LogP contribution in [0.4, 0.5) is 4.79 Å². The molecule has 3 nitrogen and oxygen atoms in total. The molecule has 0 aromatic rings. The molecule has 1 N–H and O–H groups in total. The van der Waals surface area contributed by atoms with Gasteiger partial charge in [-0.25, -0.2) is 4.79 Å². The molecule has 0 bridgehead atoms. The van der Waals surface area contributed by atoms with Gasteiger partial charge in [0.05, 0.1) is 5.88 Å². The number of hydrogen-bond donors (Lipinski definition) is 1. The second-order valence-corrected chi connectivity index (χ2v) is 6.84. The Morgan fingerprint density at radius 2 is 1.42 bits per heavy atom. The SMILES string of the molecule is CCCCCCCCC=CCCCCCCCC(CCl)OC(=O)O. The van der Waals surface area contributed by atoms with Crippen molar-refractivity contribution in [3.05, 3.63) is 12.2 Å². The number of unbranched alkanes of at least 4 members (excludes halogenated alkanes) is 11. The summed E-state index contributed by atoms with van der Waals surface area (Å²) in [5, 5.41) is 8.55. The lowest BCUT2D eigenvalue weighted by atomic mass is 10.1. The third-order valence-corrected chi connectivity index (χ3v) is 4.57. The normalized spacial score (nSPS) is 12.6. The summed E-state index contributed by atoms with van der Waals surface area (Å²) < 4.78 is 4.69. The minimum atomic E-state index is -1.23. The first kappa shape index (κ1) is 23.3. The number of carbonyl (C=O) groups is 1. The molecule has 0 aliphatic rings. The van der Waals surface area contributed by atoms with E-state index in [4.69, 9.17) is 21.4 Å². The Morgan fingerprint density at radius 3 is 1.92 bits per heavy atom. The van der Waals surface area contributed by atoms with Gasteiger partial charge in [-0.15, -0.1) is 11.6 Å². The highest BCUT2D eigenvalue weighted by atomic mass is 35.5. The molecule has 0 aliphatic carbocycles. The van der Waals surface area contributed by atoms with Crippen molar-refractivity contribution in [3.63, 3.8) is 0 Å². The molecule has 24 heavy (non-hydrogen) atoms. The van der Waals surface area contributed by atoms with Gasteiger partial charge in [0, 0.05) is 0 Å². The number of carboxylic acid groups (broad SMARTS) is 1. The Balaban J connectivity index is 3.27. The summed E-state index contributed by atoms with van der Waals surface area (Å²) in [5.74, 6) is 0.246. The second kappa shape index (κ2) is 18.6. The predicted octanol–water partition coefficient (Wildman–Crippen LogP) is 7.33. The first-order valence-electron chi connectivity index (χ1n) is 9.81. The van der Waals surface area contributed by atoms with Gasteiger partial charge in [0.1, 0.15) is 6.10 Å². The molecule has 0 rings (SSSR count). The monoisotopic (exact) mass is 360 g/mol. The molecule has 0 spiro atoms. The van der Waals surface area contributed by atoms with Gasteiger partial charge in [0.2, 0.25) is 0 Å². The molecule has 1 unspecified atom stereocenters. The number of hydrogen-bond acceptors (Lipinski definition) is 2. The van der Waals surface area contributed by atoms with E-state index in [0.29, 0.717) is 0 Å². The van der Waals surface area contributed by atoms with Gasteiger partial charge in [-0.05, 0) is 38.5 Å². The van der Waals surface area contributed by atoms with Gasteiger partial charge < -0.3 is 9.84 Å². The summed E-state index contributed by atoms with van der Waals surface area (Å²) in [6.07, 6.45) is 20.2. The van der Waals surface area contributed by atoms with E-state index in [1.54, 1.807) is 0 Å². The number of rotatable bonds is 17. The molecule has 0 aromatic carbocycles. The first-order chi connectivity index (χ1) is 11.7.